The highest BCUT2D eigenvalue weighted by Crippen LogP contribution is 2.38. The van der Waals surface area contributed by atoms with Gasteiger partial charge in [0.25, 0.3) is 0 Å². The van der Waals surface area contributed by atoms with Gasteiger partial charge in [0, 0.05) is 17.1 Å². The third-order valence-corrected chi connectivity index (χ3v) is 3.25. The molecular formula is C12H22BrN. The van der Waals surface area contributed by atoms with E-state index in [2.05, 4.69) is 48.6 Å². The Labute approximate surface area is 96.5 Å². The van der Waals surface area contributed by atoms with Crippen molar-refractivity contribution in [1.82, 2.24) is 5.32 Å². The van der Waals surface area contributed by atoms with Gasteiger partial charge in [0.05, 0.1) is 0 Å². The topological polar surface area (TPSA) is 12.0 Å². The summed E-state index contributed by atoms with van der Waals surface area (Å²) in [5, 5.41) is 3.56. The summed E-state index contributed by atoms with van der Waals surface area (Å²) >= 11 is 3.39. The zero-order chi connectivity index (χ0) is 10.8. The van der Waals surface area contributed by atoms with Crippen molar-refractivity contribution in [2.45, 2.75) is 46.1 Å². The molecule has 82 valence electrons. The Bertz CT molecular complexity index is 210. The Kier molecular flexibility index (Phi) is 4.20. The fourth-order valence-corrected chi connectivity index (χ4v) is 2.92. The second kappa shape index (κ2) is 4.80. The molecule has 0 aromatic rings. The summed E-state index contributed by atoms with van der Waals surface area (Å²) in [7, 11) is 0. The molecule has 0 spiro atoms. The number of rotatable bonds is 3. The van der Waals surface area contributed by atoms with Crippen molar-refractivity contribution < 1.29 is 0 Å². The van der Waals surface area contributed by atoms with Crippen molar-refractivity contribution in [2.75, 3.05) is 6.54 Å². The van der Waals surface area contributed by atoms with Crippen LogP contribution in [0.4, 0.5) is 0 Å². The lowest BCUT2D eigenvalue weighted by Crippen LogP contribution is -2.40. The molecule has 0 aromatic heterocycles. The van der Waals surface area contributed by atoms with E-state index in [0.29, 0.717) is 11.5 Å². The van der Waals surface area contributed by atoms with Crippen LogP contribution in [0.15, 0.2) is 11.1 Å². The molecule has 0 amide bonds. The molecule has 1 fully saturated rings. The molecule has 0 aliphatic heterocycles. The number of halogens is 1. The second-order valence-electron chi connectivity index (χ2n) is 5.51. The number of nitrogens with one attached hydrogen (secondary N) is 1. The van der Waals surface area contributed by atoms with E-state index in [-0.39, 0.29) is 0 Å². The molecule has 0 heterocycles. The predicted molar refractivity (Wildman–Crippen MR) is 66.7 cm³/mol. The van der Waals surface area contributed by atoms with Gasteiger partial charge < -0.3 is 5.32 Å². The zero-order valence-electron chi connectivity index (χ0n) is 9.57. The second-order valence-corrected chi connectivity index (χ2v) is 6.63. The molecule has 1 aliphatic rings. The largest absolute Gasteiger partial charge is 0.309 e. The van der Waals surface area contributed by atoms with Crippen molar-refractivity contribution in [1.29, 1.82) is 0 Å². The van der Waals surface area contributed by atoms with Crippen LogP contribution in [0.2, 0.25) is 0 Å². The predicted octanol–water partition coefficient (Wildman–Crippen LogP) is 3.70. The lowest BCUT2D eigenvalue weighted by atomic mass is 9.70. The maximum atomic E-state index is 3.85. The highest BCUT2D eigenvalue weighted by molar-refractivity contribution is 9.11. The minimum absolute atomic E-state index is 0.503. The van der Waals surface area contributed by atoms with Gasteiger partial charge in [-0.15, -0.1) is 0 Å². The summed E-state index contributed by atoms with van der Waals surface area (Å²) in [6.07, 6.45) is 3.96. The summed E-state index contributed by atoms with van der Waals surface area (Å²) in [4.78, 5) is 0. The maximum Gasteiger partial charge on any atom is 0.0268 e. The summed E-state index contributed by atoms with van der Waals surface area (Å²) in [5.41, 5.74) is 0.503. The van der Waals surface area contributed by atoms with Crippen LogP contribution < -0.4 is 5.32 Å². The fraction of sp³-hybridized carbons (Fsp3) is 0.833. The van der Waals surface area contributed by atoms with E-state index in [9.17, 15) is 0 Å². The van der Waals surface area contributed by atoms with Gasteiger partial charge in [-0.3, -0.25) is 0 Å². The molecule has 2 atom stereocenters. The van der Waals surface area contributed by atoms with E-state index in [0.717, 1.165) is 16.9 Å². The molecule has 14 heavy (non-hydrogen) atoms. The normalized spacial score (nSPS) is 31.4. The average molecular weight is 260 g/mol. The van der Waals surface area contributed by atoms with E-state index in [4.69, 9.17) is 0 Å². The smallest absolute Gasteiger partial charge is 0.0268 e. The minimum atomic E-state index is 0.503. The third kappa shape index (κ3) is 4.14. The van der Waals surface area contributed by atoms with Crippen molar-refractivity contribution in [3.05, 3.63) is 11.1 Å². The number of hydrogen-bond donors (Lipinski definition) is 1. The molecule has 0 radical (unpaired) electrons. The summed E-state index contributed by atoms with van der Waals surface area (Å²) < 4.78 is 1.05. The molecule has 2 unspecified atom stereocenters. The van der Waals surface area contributed by atoms with Gasteiger partial charge in [-0.1, -0.05) is 43.3 Å². The van der Waals surface area contributed by atoms with Crippen molar-refractivity contribution in [2.24, 2.45) is 11.3 Å². The van der Waals surface area contributed by atoms with Crippen LogP contribution in [0.25, 0.3) is 0 Å². The first-order chi connectivity index (χ1) is 6.39. The molecule has 0 saturated heterocycles. The van der Waals surface area contributed by atoms with Gasteiger partial charge in [-0.2, -0.15) is 0 Å². The summed E-state index contributed by atoms with van der Waals surface area (Å²) in [6, 6.07) is 0.669. The van der Waals surface area contributed by atoms with E-state index < -0.39 is 0 Å². The van der Waals surface area contributed by atoms with Crippen molar-refractivity contribution in [3.8, 4) is 0 Å². The lowest BCUT2D eigenvalue weighted by Gasteiger charge is -2.39. The fourth-order valence-electron chi connectivity index (χ4n) is 2.76. The molecular weight excluding hydrogens is 238 g/mol. The number of hydrogen-bond acceptors (Lipinski definition) is 1. The van der Waals surface area contributed by atoms with Crippen molar-refractivity contribution in [3.63, 3.8) is 0 Å². The molecule has 2 heteroatoms. The van der Waals surface area contributed by atoms with E-state index in [1.165, 1.54) is 19.3 Å². The van der Waals surface area contributed by atoms with Gasteiger partial charge in [0.2, 0.25) is 0 Å². The quantitative estimate of drug-likeness (QED) is 0.815. The van der Waals surface area contributed by atoms with Crippen molar-refractivity contribution >= 4 is 15.9 Å². The van der Waals surface area contributed by atoms with Crippen LogP contribution in [-0.4, -0.2) is 12.6 Å². The molecule has 1 rings (SSSR count). The average Bonchev–Trinajstić information content (AvgIpc) is 1.96. The summed E-state index contributed by atoms with van der Waals surface area (Å²) in [5.74, 6) is 0.847. The van der Waals surface area contributed by atoms with E-state index >= 15 is 0 Å². The molecule has 1 N–H and O–H groups in total. The van der Waals surface area contributed by atoms with Gasteiger partial charge in [-0.05, 0) is 30.6 Å². The molecule has 0 aromatic carbocycles. The monoisotopic (exact) mass is 259 g/mol. The van der Waals surface area contributed by atoms with Crippen LogP contribution in [0.1, 0.15) is 40.0 Å². The third-order valence-electron chi connectivity index (χ3n) is 2.97. The first-order valence-electron chi connectivity index (χ1n) is 5.46. The molecule has 1 aliphatic carbocycles. The highest BCUT2D eigenvalue weighted by Gasteiger charge is 2.31. The Morgan fingerprint density at radius 2 is 2.14 bits per heavy atom. The van der Waals surface area contributed by atoms with Gasteiger partial charge in [-0.25, -0.2) is 0 Å². The Morgan fingerprint density at radius 1 is 1.50 bits per heavy atom. The Morgan fingerprint density at radius 3 is 2.64 bits per heavy atom. The first kappa shape index (κ1) is 12.3. The molecule has 1 saturated carbocycles. The molecule has 1 nitrogen and oxygen atoms in total. The minimum Gasteiger partial charge on any atom is -0.309 e. The SMILES string of the molecule is C=C(Br)CNC1CC(C)CC(C)(C)C1. The van der Waals surface area contributed by atoms with Gasteiger partial charge >= 0.3 is 0 Å². The maximum absolute atomic E-state index is 3.85. The van der Waals surface area contributed by atoms with Crippen LogP contribution in [-0.2, 0) is 0 Å². The van der Waals surface area contributed by atoms with Crippen LogP contribution in [0.5, 0.6) is 0 Å². The Hall–Kier alpha value is 0.180. The van der Waals surface area contributed by atoms with Crippen LogP contribution in [0.3, 0.4) is 0 Å². The lowest BCUT2D eigenvalue weighted by molar-refractivity contribution is 0.154. The first-order valence-corrected chi connectivity index (χ1v) is 6.25. The standard InChI is InChI=1S/C12H22BrN/c1-9-5-11(14-8-10(2)13)7-12(3,4)6-9/h9,11,14H,2,5-8H2,1,3-4H3. The van der Waals surface area contributed by atoms with E-state index in [1.807, 2.05) is 0 Å². The van der Waals surface area contributed by atoms with Crippen LogP contribution >= 0.6 is 15.9 Å². The van der Waals surface area contributed by atoms with Gasteiger partial charge in [0.15, 0.2) is 0 Å². The van der Waals surface area contributed by atoms with Gasteiger partial charge in [0.1, 0.15) is 0 Å². The zero-order valence-corrected chi connectivity index (χ0v) is 11.2. The van der Waals surface area contributed by atoms with Crippen LogP contribution in [0, 0.1) is 11.3 Å². The van der Waals surface area contributed by atoms with E-state index in [1.54, 1.807) is 0 Å². The highest BCUT2D eigenvalue weighted by atomic mass is 79.9. The Balaban J connectivity index is 2.42. The molecule has 0 bridgehead atoms. The summed E-state index contributed by atoms with van der Waals surface area (Å²) in [6.45, 7) is 11.9.